The van der Waals surface area contributed by atoms with Crippen molar-refractivity contribution in [3.8, 4) is 0 Å². The molecule has 0 aliphatic heterocycles. The van der Waals surface area contributed by atoms with Gasteiger partial charge < -0.3 is 11.1 Å². The Morgan fingerprint density at radius 2 is 1.90 bits per heavy atom. The Labute approximate surface area is 133 Å². The number of nitrogens with two attached hydrogens (primary N) is 1. The molecule has 1 atom stereocenters. The zero-order chi connectivity index (χ0) is 15.4. The van der Waals surface area contributed by atoms with Crippen LogP contribution in [0.2, 0.25) is 5.02 Å². The highest BCUT2D eigenvalue weighted by Crippen LogP contribution is 2.35. The van der Waals surface area contributed by atoms with Crippen LogP contribution >= 0.6 is 23.4 Å². The van der Waals surface area contributed by atoms with E-state index in [1.54, 1.807) is 11.8 Å². The monoisotopic (exact) mass is 320 g/mol. The van der Waals surface area contributed by atoms with Gasteiger partial charge in [0.2, 0.25) is 5.91 Å². The Morgan fingerprint density at radius 1 is 1.24 bits per heavy atom. The van der Waals surface area contributed by atoms with E-state index in [1.165, 1.54) is 6.92 Å². The highest BCUT2D eigenvalue weighted by atomic mass is 35.5. The molecule has 110 valence electrons. The Balaban J connectivity index is 2.13. The van der Waals surface area contributed by atoms with Gasteiger partial charge in [0.1, 0.15) is 0 Å². The van der Waals surface area contributed by atoms with Crippen molar-refractivity contribution in [3.05, 3.63) is 53.1 Å². The minimum absolute atomic E-state index is 0.0292. The predicted octanol–water partition coefficient (Wildman–Crippen LogP) is 4.47. The van der Waals surface area contributed by atoms with Crippen LogP contribution in [0.25, 0.3) is 0 Å². The molecule has 0 fully saturated rings. The van der Waals surface area contributed by atoms with Crippen LogP contribution in [-0.2, 0) is 4.79 Å². The van der Waals surface area contributed by atoms with Crippen LogP contribution in [0.5, 0.6) is 0 Å². The van der Waals surface area contributed by atoms with Gasteiger partial charge in [0.25, 0.3) is 0 Å². The Hall–Kier alpha value is -1.49. The summed E-state index contributed by atoms with van der Waals surface area (Å²) in [4.78, 5) is 13.0. The fourth-order valence-electron chi connectivity index (χ4n) is 1.82. The summed E-state index contributed by atoms with van der Waals surface area (Å²) in [5, 5.41) is 3.43. The fraction of sp³-hybridized carbons (Fsp3) is 0.188. The minimum Gasteiger partial charge on any atom is -0.326 e. The number of nitrogens with one attached hydrogen (secondary N) is 1. The average molecular weight is 321 g/mol. The molecule has 0 heterocycles. The van der Waals surface area contributed by atoms with Crippen molar-refractivity contribution >= 4 is 35.0 Å². The first-order valence-corrected chi connectivity index (χ1v) is 7.75. The normalized spacial score (nSPS) is 12.0. The number of hydrogen-bond acceptors (Lipinski definition) is 3. The van der Waals surface area contributed by atoms with E-state index in [4.69, 9.17) is 17.3 Å². The molecule has 0 saturated carbocycles. The molecule has 0 spiro atoms. The van der Waals surface area contributed by atoms with E-state index in [2.05, 4.69) is 5.32 Å². The summed E-state index contributed by atoms with van der Waals surface area (Å²) in [5.41, 5.74) is 7.64. The second kappa shape index (κ2) is 6.98. The van der Waals surface area contributed by atoms with E-state index in [0.29, 0.717) is 5.02 Å². The number of anilines is 1. The number of benzene rings is 2. The molecule has 21 heavy (non-hydrogen) atoms. The number of halogens is 1. The maximum absolute atomic E-state index is 11.0. The van der Waals surface area contributed by atoms with Gasteiger partial charge in [-0.15, -0.1) is 0 Å². The number of hydrogen-bond donors (Lipinski definition) is 2. The van der Waals surface area contributed by atoms with E-state index in [-0.39, 0.29) is 11.9 Å². The molecule has 3 nitrogen and oxygen atoms in total. The number of carbonyl (C=O) groups is 1. The van der Waals surface area contributed by atoms with Gasteiger partial charge in [-0.1, -0.05) is 29.4 Å². The SMILES string of the molecule is CC(=O)Nc1ccc(Sc2ccc([C@H](C)N)cc2Cl)cc1. The third-order valence-electron chi connectivity index (χ3n) is 2.88. The zero-order valence-corrected chi connectivity index (χ0v) is 13.5. The van der Waals surface area contributed by atoms with E-state index in [1.807, 2.05) is 49.4 Å². The van der Waals surface area contributed by atoms with E-state index < -0.39 is 0 Å². The molecule has 0 bridgehead atoms. The molecule has 2 aromatic carbocycles. The van der Waals surface area contributed by atoms with Gasteiger partial charge in [-0.3, -0.25) is 4.79 Å². The topological polar surface area (TPSA) is 55.1 Å². The van der Waals surface area contributed by atoms with Gasteiger partial charge in [-0.05, 0) is 48.9 Å². The average Bonchev–Trinajstić information content (AvgIpc) is 2.42. The molecule has 2 rings (SSSR count). The van der Waals surface area contributed by atoms with Gasteiger partial charge in [-0.25, -0.2) is 0 Å². The molecule has 3 N–H and O–H groups in total. The summed E-state index contributed by atoms with van der Waals surface area (Å²) in [6.45, 7) is 3.42. The van der Waals surface area contributed by atoms with Crippen LogP contribution < -0.4 is 11.1 Å². The summed E-state index contributed by atoms with van der Waals surface area (Å²) < 4.78 is 0. The highest BCUT2D eigenvalue weighted by Gasteiger charge is 2.07. The summed E-state index contributed by atoms with van der Waals surface area (Å²) in [7, 11) is 0. The number of amides is 1. The molecular weight excluding hydrogens is 304 g/mol. The molecule has 0 unspecified atom stereocenters. The Bertz CT molecular complexity index is 641. The largest absolute Gasteiger partial charge is 0.326 e. The van der Waals surface area contributed by atoms with Crippen molar-refractivity contribution < 1.29 is 4.79 Å². The van der Waals surface area contributed by atoms with E-state index in [0.717, 1.165) is 21.0 Å². The van der Waals surface area contributed by atoms with Crippen LogP contribution in [-0.4, -0.2) is 5.91 Å². The predicted molar refractivity (Wildman–Crippen MR) is 88.9 cm³/mol. The second-order valence-electron chi connectivity index (χ2n) is 4.79. The Kier molecular flexibility index (Phi) is 5.28. The van der Waals surface area contributed by atoms with Crippen LogP contribution in [0.15, 0.2) is 52.3 Å². The van der Waals surface area contributed by atoms with Crippen LogP contribution in [0.4, 0.5) is 5.69 Å². The molecule has 1 amide bonds. The van der Waals surface area contributed by atoms with Crippen LogP contribution in [0, 0.1) is 0 Å². The number of rotatable bonds is 4. The van der Waals surface area contributed by atoms with Crippen LogP contribution in [0.3, 0.4) is 0 Å². The van der Waals surface area contributed by atoms with Gasteiger partial charge >= 0.3 is 0 Å². The van der Waals surface area contributed by atoms with E-state index in [9.17, 15) is 4.79 Å². The fourth-order valence-corrected chi connectivity index (χ4v) is 2.94. The first-order chi connectivity index (χ1) is 9.95. The zero-order valence-electron chi connectivity index (χ0n) is 11.9. The lowest BCUT2D eigenvalue weighted by atomic mass is 10.1. The lowest BCUT2D eigenvalue weighted by Crippen LogP contribution is -2.05. The first-order valence-electron chi connectivity index (χ1n) is 6.56. The lowest BCUT2D eigenvalue weighted by Gasteiger charge is -2.10. The molecule has 5 heteroatoms. The molecule has 2 aromatic rings. The summed E-state index contributed by atoms with van der Waals surface area (Å²) in [6.07, 6.45) is 0. The van der Waals surface area contributed by atoms with Gasteiger partial charge in [-0.2, -0.15) is 0 Å². The minimum atomic E-state index is -0.0788. The molecular formula is C16H17ClN2OS. The van der Waals surface area contributed by atoms with Crippen molar-refractivity contribution in [3.63, 3.8) is 0 Å². The summed E-state index contributed by atoms with van der Waals surface area (Å²) in [5.74, 6) is -0.0788. The summed E-state index contributed by atoms with van der Waals surface area (Å²) in [6, 6.07) is 13.5. The molecule has 0 aliphatic carbocycles. The third-order valence-corrected chi connectivity index (χ3v) is 4.39. The first kappa shape index (κ1) is 15.9. The van der Waals surface area contributed by atoms with Crippen molar-refractivity contribution in [2.45, 2.75) is 29.7 Å². The highest BCUT2D eigenvalue weighted by molar-refractivity contribution is 7.99. The van der Waals surface area contributed by atoms with Crippen molar-refractivity contribution in [2.24, 2.45) is 5.73 Å². The smallest absolute Gasteiger partial charge is 0.221 e. The molecule has 0 saturated heterocycles. The van der Waals surface area contributed by atoms with Gasteiger partial charge in [0.15, 0.2) is 0 Å². The van der Waals surface area contributed by atoms with Gasteiger partial charge in [0.05, 0.1) is 5.02 Å². The maximum atomic E-state index is 11.0. The van der Waals surface area contributed by atoms with Crippen molar-refractivity contribution in [1.82, 2.24) is 0 Å². The quantitative estimate of drug-likeness (QED) is 0.874. The third kappa shape index (κ3) is 4.49. The maximum Gasteiger partial charge on any atom is 0.221 e. The number of carbonyl (C=O) groups excluding carboxylic acids is 1. The molecule has 0 aromatic heterocycles. The second-order valence-corrected chi connectivity index (χ2v) is 6.31. The van der Waals surface area contributed by atoms with Crippen LogP contribution in [0.1, 0.15) is 25.5 Å². The summed E-state index contributed by atoms with van der Waals surface area (Å²) >= 11 is 7.87. The van der Waals surface area contributed by atoms with Crippen molar-refractivity contribution in [2.75, 3.05) is 5.32 Å². The lowest BCUT2D eigenvalue weighted by molar-refractivity contribution is -0.114. The standard InChI is InChI=1S/C16H17ClN2OS/c1-10(18)12-3-8-16(15(17)9-12)21-14-6-4-13(5-7-14)19-11(2)20/h3-10H,18H2,1-2H3,(H,19,20)/t10-/m0/s1. The Morgan fingerprint density at radius 3 is 2.43 bits per heavy atom. The molecule has 0 radical (unpaired) electrons. The van der Waals surface area contributed by atoms with Gasteiger partial charge in [0, 0.05) is 28.4 Å². The van der Waals surface area contributed by atoms with E-state index >= 15 is 0 Å². The molecule has 0 aliphatic rings. The van der Waals surface area contributed by atoms with Crippen molar-refractivity contribution in [1.29, 1.82) is 0 Å².